The molecular weight excluding hydrogens is 276 g/mol. The number of carbonyl (C=O) groups is 1. The van der Waals surface area contributed by atoms with Gasteiger partial charge in [0.15, 0.2) is 6.10 Å². The molecular formula is C18H24N2O2. The van der Waals surface area contributed by atoms with Gasteiger partial charge in [0.05, 0.1) is 12.3 Å². The van der Waals surface area contributed by atoms with Gasteiger partial charge in [-0.05, 0) is 11.5 Å². The first-order chi connectivity index (χ1) is 10.6. The molecule has 118 valence electrons. The quantitative estimate of drug-likeness (QED) is 0.725. The third kappa shape index (κ3) is 4.45. The van der Waals surface area contributed by atoms with Crippen LogP contribution in [0.25, 0.3) is 0 Å². The fraction of sp³-hybridized carbons (Fsp3) is 0.444. The molecule has 1 unspecified atom stereocenters. The van der Waals surface area contributed by atoms with E-state index >= 15 is 0 Å². The number of hydrogen-bond donors (Lipinski definition) is 0. The van der Waals surface area contributed by atoms with Crippen molar-refractivity contribution < 1.29 is 9.63 Å². The number of hydrogen-bond acceptors (Lipinski definition) is 3. The van der Waals surface area contributed by atoms with Gasteiger partial charge in [0.25, 0.3) is 0 Å². The van der Waals surface area contributed by atoms with Crippen LogP contribution in [0.2, 0.25) is 0 Å². The minimum atomic E-state index is -0.0775. The molecule has 1 aromatic rings. The molecule has 0 saturated heterocycles. The van der Waals surface area contributed by atoms with Gasteiger partial charge >= 0.3 is 0 Å². The largest absolute Gasteiger partial charge is 0.390 e. The van der Waals surface area contributed by atoms with E-state index in [-0.39, 0.29) is 12.0 Å². The molecule has 1 aliphatic rings. The van der Waals surface area contributed by atoms with Crippen molar-refractivity contribution in [1.29, 1.82) is 0 Å². The van der Waals surface area contributed by atoms with Crippen molar-refractivity contribution in [3.63, 3.8) is 0 Å². The summed E-state index contributed by atoms with van der Waals surface area (Å²) in [4.78, 5) is 19.6. The first kappa shape index (κ1) is 16.3. The lowest BCUT2D eigenvalue weighted by Crippen LogP contribution is -2.38. The van der Waals surface area contributed by atoms with Crippen LogP contribution in [0.15, 0.2) is 48.1 Å². The van der Waals surface area contributed by atoms with E-state index in [0.717, 1.165) is 17.7 Å². The molecule has 2 rings (SSSR count). The van der Waals surface area contributed by atoms with E-state index in [1.807, 2.05) is 44.2 Å². The van der Waals surface area contributed by atoms with Crippen LogP contribution in [-0.2, 0) is 9.63 Å². The minimum absolute atomic E-state index is 0.0775. The van der Waals surface area contributed by atoms with Gasteiger partial charge in [0, 0.05) is 19.4 Å². The highest BCUT2D eigenvalue weighted by molar-refractivity contribution is 6.01. The second kappa shape index (κ2) is 7.78. The molecule has 0 aromatic heterocycles. The predicted octanol–water partition coefficient (Wildman–Crippen LogP) is 3.24. The highest BCUT2D eigenvalue weighted by Crippen LogP contribution is 2.18. The maximum Gasteiger partial charge on any atom is 0.223 e. The molecule has 22 heavy (non-hydrogen) atoms. The Balaban J connectivity index is 1.93. The number of oxime groups is 1. The topological polar surface area (TPSA) is 41.9 Å². The van der Waals surface area contributed by atoms with Crippen LogP contribution in [0.5, 0.6) is 0 Å². The molecule has 0 saturated carbocycles. The Labute approximate surface area is 132 Å². The van der Waals surface area contributed by atoms with E-state index in [0.29, 0.717) is 25.4 Å². The van der Waals surface area contributed by atoms with Gasteiger partial charge < -0.3 is 9.74 Å². The van der Waals surface area contributed by atoms with Gasteiger partial charge in [-0.3, -0.25) is 4.79 Å². The maximum atomic E-state index is 12.3. The van der Waals surface area contributed by atoms with E-state index in [9.17, 15) is 4.79 Å². The SMILES string of the molecule is C=CCN(CC1CC(c2ccccc2)=NO1)C(=O)CC(C)C. The summed E-state index contributed by atoms with van der Waals surface area (Å²) in [6.07, 6.45) is 2.96. The Hall–Kier alpha value is -2.10. The van der Waals surface area contributed by atoms with E-state index in [1.54, 1.807) is 11.0 Å². The Morgan fingerprint density at radius 3 is 2.82 bits per heavy atom. The molecule has 1 aliphatic heterocycles. The summed E-state index contributed by atoms with van der Waals surface area (Å²) in [5.74, 6) is 0.493. The molecule has 0 fully saturated rings. The van der Waals surface area contributed by atoms with Gasteiger partial charge in [-0.25, -0.2) is 0 Å². The van der Waals surface area contributed by atoms with E-state index in [1.165, 1.54) is 0 Å². The van der Waals surface area contributed by atoms with E-state index in [4.69, 9.17) is 4.84 Å². The molecule has 1 heterocycles. The Morgan fingerprint density at radius 2 is 2.18 bits per heavy atom. The first-order valence-corrected chi connectivity index (χ1v) is 7.77. The lowest BCUT2D eigenvalue weighted by molar-refractivity contribution is -0.133. The van der Waals surface area contributed by atoms with Crippen LogP contribution in [0.1, 0.15) is 32.3 Å². The highest BCUT2D eigenvalue weighted by atomic mass is 16.6. The van der Waals surface area contributed by atoms with Crippen LogP contribution in [0.3, 0.4) is 0 Å². The zero-order chi connectivity index (χ0) is 15.9. The molecule has 4 nitrogen and oxygen atoms in total. The van der Waals surface area contributed by atoms with Crippen LogP contribution in [0, 0.1) is 5.92 Å². The zero-order valence-electron chi connectivity index (χ0n) is 13.4. The molecule has 0 N–H and O–H groups in total. The van der Waals surface area contributed by atoms with Gasteiger partial charge in [0.1, 0.15) is 0 Å². The summed E-state index contributed by atoms with van der Waals surface area (Å²) in [7, 11) is 0. The summed E-state index contributed by atoms with van der Waals surface area (Å²) in [6.45, 7) is 8.93. The van der Waals surface area contributed by atoms with Crippen molar-refractivity contribution in [3.8, 4) is 0 Å². The van der Waals surface area contributed by atoms with Crippen molar-refractivity contribution in [1.82, 2.24) is 4.90 Å². The molecule has 4 heteroatoms. The molecule has 0 spiro atoms. The molecule has 1 amide bonds. The van der Waals surface area contributed by atoms with Crippen LogP contribution < -0.4 is 0 Å². The Kier molecular flexibility index (Phi) is 5.75. The summed E-state index contributed by atoms with van der Waals surface area (Å²) in [6, 6.07) is 10.0. The van der Waals surface area contributed by atoms with Crippen molar-refractivity contribution >= 4 is 11.6 Å². The number of benzene rings is 1. The van der Waals surface area contributed by atoms with Crippen LogP contribution >= 0.6 is 0 Å². The van der Waals surface area contributed by atoms with Crippen molar-refractivity contribution in [2.45, 2.75) is 32.8 Å². The van der Waals surface area contributed by atoms with Gasteiger partial charge in [0.2, 0.25) is 5.91 Å². The zero-order valence-corrected chi connectivity index (χ0v) is 13.4. The van der Waals surface area contributed by atoms with E-state index < -0.39 is 0 Å². The normalized spacial score (nSPS) is 17.0. The monoisotopic (exact) mass is 300 g/mol. The lowest BCUT2D eigenvalue weighted by Gasteiger charge is -2.24. The Morgan fingerprint density at radius 1 is 1.45 bits per heavy atom. The third-order valence-corrected chi connectivity index (χ3v) is 3.55. The van der Waals surface area contributed by atoms with Crippen molar-refractivity contribution in [2.75, 3.05) is 13.1 Å². The van der Waals surface area contributed by atoms with Crippen molar-refractivity contribution in [3.05, 3.63) is 48.6 Å². The number of carbonyl (C=O) groups excluding carboxylic acids is 1. The van der Waals surface area contributed by atoms with Gasteiger partial charge in [-0.1, -0.05) is 55.4 Å². The fourth-order valence-corrected chi connectivity index (χ4v) is 2.49. The summed E-state index contributed by atoms with van der Waals surface area (Å²) in [5.41, 5.74) is 2.02. The minimum Gasteiger partial charge on any atom is -0.390 e. The van der Waals surface area contributed by atoms with Crippen LogP contribution in [0.4, 0.5) is 0 Å². The molecule has 0 bridgehead atoms. The second-order valence-electron chi connectivity index (χ2n) is 6.02. The van der Waals surface area contributed by atoms with Crippen LogP contribution in [-0.4, -0.2) is 35.7 Å². The molecule has 1 aromatic carbocycles. The summed E-state index contributed by atoms with van der Waals surface area (Å²) >= 11 is 0. The number of amides is 1. The third-order valence-electron chi connectivity index (χ3n) is 3.55. The highest BCUT2D eigenvalue weighted by Gasteiger charge is 2.26. The Bertz CT molecular complexity index is 537. The maximum absolute atomic E-state index is 12.3. The van der Waals surface area contributed by atoms with E-state index in [2.05, 4.69) is 11.7 Å². The fourth-order valence-electron chi connectivity index (χ4n) is 2.49. The van der Waals surface area contributed by atoms with Gasteiger partial charge in [-0.2, -0.15) is 0 Å². The lowest BCUT2D eigenvalue weighted by atomic mass is 10.0. The second-order valence-corrected chi connectivity index (χ2v) is 6.02. The molecule has 0 radical (unpaired) electrons. The first-order valence-electron chi connectivity index (χ1n) is 7.77. The predicted molar refractivity (Wildman–Crippen MR) is 88.7 cm³/mol. The smallest absolute Gasteiger partial charge is 0.223 e. The summed E-state index contributed by atoms with van der Waals surface area (Å²) < 4.78 is 0. The standard InChI is InChI=1S/C18H24N2O2/c1-4-10-20(18(21)11-14(2)3)13-16-12-17(19-22-16)15-8-6-5-7-9-15/h4-9,14,16H,1,10-13H2,2-3H3. The number of rotatable bonds is 7. The molecule has 0 aliphatic carbocycles. The van der Waals surface area contributed by atoms with Gasteiger partial charge in [-0.15, -0.1) is 6.58 Å². The number of nitrogens with zero attached hydrogens (tertiary/aromatic N) is 2. The molecule has 1 atom stereocenters. The average molecular weight is 300 g/mol. The van der Waals surface area contributed by atoms with Crippen molar-refractivity contribution in [2.24, 2.45) is 11.1 Å². The average Bonchev–Trinajstić information content (AvgIpc) is 2.95. The summed E-state index contributed by atoms with van der Waals surface area (Å²) in [5, 5.41) is 4.17.